The first kappa shape index (κ1) is 13.8. The molecule has 0 fully saturated rings. The van der Waals surface area contributed by atoms with E-state index < -0.39 is 5.91 Å². The second-order valence-corrected chi connectivity index (χ2v) is 4.76. The van der Waals surface area contributed by atoms with Crippen LogP contribution in [0.3, 0.4) is 0 Å². The second-order valence-electron chi connectivity index (χ2n) is 3.96. The number of alkyl halides is 1. The standard InChI is InChI=1S/C12H16BrNO3/c1-8(5-6-13)7-14-12(17)11-9(15)3-2-4-10(11)16/h2-4,8,15-16H,5-7H2,1H3,(H,14,17). The van der Waals surface area contributed by atoms with E-state index >= 15 is 0 Å². The topological polar surface area (TPSA) is 69.6 Å². The normalized spacial score (nSPS) is 12.1. The molecule has 3 N–H and O–H groups in total. The summed E-state index contributed by atoms with van der Waals surface area (Å²) >= 11 is 3.33. The van der Waals surface area contributed by atoms with E-state index in [1.165, 1.54) is 18.2 Å². The number of halogens is 1. The van der Waals surface area contributed by atoms with Crippen molar-refractivity contribution < 1.29 is 15.0 Å². The molecule has 4 nitrogen and oxygen atoms in total. The fourth-order valence-corrected chi connectivity index (χ4v) is 2.19. The van der Waals surface area contributed by atoms with E-state index in [0.29, 0.717) is 12.5 Å². The number of carbonyl (C=O) groups is 1. The zero-order valence-electron chi connectivity index (χ0n) is 9.61. The van der Waals surface area contributed by atoms with Crippen molar-refractivity contribution in [2.24, 2.45) is 5.92 Å². The van der Waals surface area contributed by atoms with Gasteiger partial charge in [0.05, 0.1) is 0 Å². The molecule has 1 rings (SSSR count). The highest BCUT2D eigenvalue weighted by molar-refractivity contribution is 9.09. The van der Waals surface area contributed by atoms with Gasteiger partial charge < -0.3 is 15.5 Å². The van der Waals surface area contributed by atoms with Crippen molar-refractivity contribution in [1.82, 2.24) is 5.32 Å². The second kappa shape index (κ2) is 6.49. The molecule has 0 saturated heterocycles. The number of benzene rings is 1. The molecule has 0 saturated carbocycles. The van der Waals surface area contributed by atoms with Crippen molar-refractivity contribution >= 4 is 21.8 Å². The summed E-state index contributed by atoms with van der Waals surface area (Å²) in [7, 11) is 0. The number of carbonyl (C=O) groups excluding carboxylic acids is 1. The van der Waals surface area contributed by atoms with Crippen LogP contribution in [0.2, 0.25) is 0 Å². The van der Waals surface area contributed by atoms with Gasteiger partial charge in [-0.3, -0.25) is 4.79 Å². The molecule has 0 aromatic heterocycles. The molecule has 94 valence electrons. The number of amides is 1. The Kier molecular flexibility index (Phi) is 5.28. The van der Waals surface area contributed by atoms with E-state index in [1.807, 2.05) is 6.92 Å². The molecule has 0 aliphatic rings. The van der Waals surface area contributed by atoms with E-state index in [1.54, 1.807) is 0 Å². The van der Waals surface area contributed by atoms with Crippen LogP contribution in [0.1, 0.15) is 23.7 Å². The highest BCUT2D eigenvalue weighted by atomic mass is 79.9. The third kappa shape index (κ3) is 3.93. The largest absolute Gasteiger partial charge is 0.507 e. The third-order valence-corrected chi connectivity index (χ3v) is 2.92. The van der Waals surface area contributed by atoms with Crippen molar-refractivity contribution in [3.8, 4) is 11.5 Å². The van der Waals surface area contributed by atoms with Gasteiger partial charge in [0.2, 0.25) is 0 Å². The third-order valence-electron chi connectivity index (χ3n) is 2.46. The van der Waals surface area contributed by atoms with Crippen LogP contribution in [0.15, 0.2) is 18.2 Å². The van der Waals surface area contributed by atoms with Crippen LogP contribution in [0, 0.1) is 5.92 Å². The van der Waals surface area contributed by atoms with Gasteiger partial charge in [-0.2, -0.15) is 0 Å². The average Bonchev–Trinajstić information content (AvgIpc) is 2.26. The fourth-order valence-electron chi connectivity index (χ4n) is 1.40. The lowest BCUT2D eigenvalue weighted by Crippen LogP contribution is -2.28. The number of rotatable bonds is 5. The first-order valence-electron chi connectivity index (χ1n) is 5.41. The van der Waals surface area contributed by atoms with Gasteiger partial charge in [-0.25, -0.2) is 0 Å². The molecule has 1 unspecified atom stereocenters. The lowest BCUT2D eigenvalue weighted by Gasteiger charge is -2.12. The highest BCUT2D eigenvalue weighted by Crippen LogP contribution is 2.25. The number of hydrogen-bond donors (Lipinski definition) is 3. The Hall–Kier alpha value is -1.23. The summed E-state index contributed by atoms with van der Waals surface area (Å²) in [6.07, 6.45) is 0.951. The van der Waals surface area contributed by atoms with Gasteiger partial charge in [0.1, 0.15) is 17.1 Å². The number of hydrogen-bond acceptors (Lipinski definition) is 3. The Morgan fingerprint density at radius 3 is 2.53 bits per heavy atom. The number of phenolic OH excluding ortho intramolecular Hbond substituents is 2. The maximum atomic E-state index is 11.8. The highest BCUT2D eigenvalue weighted by Gasteiger charge is 2.16. The van der Waals surface area contributed by atoms with Crippen molar-refractivity contribution in [3.05, 3.63) is 23.8 Å². The molecule has 1 aromatic carbocycles. The summed E-state index contributed by atoms with van der Waals surface area (Å²) in [6.45, 7) is 2.53. The summed E-state index contributed by atoms with van der Waals surface area (Å²) in [4.78, 5) is 11.8. The average molecular weight is 302 g/mol. The summed E-state index contributed by atoms with van der Waals surface area (Å²) in [5, 5.41) is 22.6. The van der Waals surface area contributed by atoms with Gasteiger partial charge in [0, 0.05) is 11.9 Å². The molecule has 0 radical (unpaired) electrons. The van der Waals surface area contributed by atoms with Gasteiger partial charge in [-0.15, -0.1) is 0 Å². The van der Waals surface area contributed by atoms with Crippen molar-refractivity contribution in [2.75, 3.05) is 11.9 Å². The number of aromatic hydroxyl groups is 2. The zero-order valence-corrected chi connectivity index (χ0v) is 11.2. The Labute approximate surface area is 109 Å². The van der Waals surface area contributed by atoms with Crippen LogP contribution in [0.25, 0.3) is 0 Å². The first-order valence-corrected chi connectivity index (χ1v) is 6.53. The monoisotopic (exact) mass is 301 g/mol. The Morgan fingerprint density at radius 2 is 2.00 bits per heavy atom. The van der Waals surface area contributed by atoms with E-state index in [0.717, 1.165) is 11.8 Å². The number of nitrogens with one attached hydrogen (secondary N) is 1. The predicted octanol–water partition coefficient (Wildman–Crippen LogP) is 2.25. The van der Waals surface area contributed by atoms with Crippen LogP contribution in [0.4, 0.5) is 0 Å². The fraction of sp³-hybridized carbons (Fsp3) is 0.417. The van der Waals surface area contributed by atoms with Gasteiger partial charge in [-0.1, -0.05) is 28.9 Å². The van der Waals surface area contributed by atoms with E-state index in [2.05, 4.69) is 21.2 Å². The Morgan fingerprint density at radius 1 is 1.41 bits per heavy atom. The maximum absolute atomic E-state index is 11.8. The minimum absolute atomic E-state index is 0.0708. The van der Waals surface area contributed by atoms with Gasteiger partial charge in [-0.05, 0) is 24.5 Å². The Balaban J connectivity index is 2.64. The van der Waals surface area contributed by atoms with Crippen LogP contribution >= 0.6 is 15.9 Å². The number of phenols is 2. The molecule has 0 spiro atoms. The van der Waals surface area contributed by atoms with Crippen LogP contribution in [0.5, 0.6) is 11.5 Å². The van der Waals surface area contributed by atoms with E-state index in [4.69, 9.17) is 0 Å². The molecule has 1 amide bonds. The molecular formula is C12H16BrNO3. The molecule has 1 atom stereocenters. The summed E-state index contributed by atoms with van der Waals surface area (Å²) in [5.41, 5.74) is -0.0708. The van der Waals surface area contributed by atoms with Crippen LogP contribution in [-0.2, 0) is 0 Å². The lowest BCUT2D eigenvalue weighted by molar-refractivity contribution is 0.0942. The van der Waals surface area contributed by atoms with Crippen LogP contribution < -0.4 is 5.32 Å². The quantitative estimate of drug-likeness (QED) is 0.731. The molecule has 0 bridgehead atoms. The van der Waals surface area contributed by atoms with E-state index in [9.17, 15) is 15.0 Å². The molecular weight excluding hydrogens is 286 g/mol. The van der Waals surface area contributed by atoms with Gasteiger partial charge >= 0.3 is 0 Å². The van der Waals surface area contributed by atoms with Crippen molar-refractivity contribution in [3.63, 3.8) is 0 Å². The van der Waals surface area contributed by atoms with Gasteiger partial charge in [0.15, 0.2) is 0 Å². The van der Waals surface area contributed by atoms with Crippen LogP contribution in [-0.4, -0.2) is 28.0 Å². The minimum atomic E-state index is -0.456. The first-order chi connectivity index (χ1) is 8.06. The molecule has 1 aromatic rings. The molecule has 0 aliphatic heterocycles. The summed E-state index contributed by atoms with van der Waals surface area (Å²) in [6, 6.07) is 4.22. The molecule has 0 heterocycles. The molecule has 5 heteroatoms. The Bertz CT molecular complexity index is 375. The van der Waals surface area contributed by atoms with Crippen molar-refractivity contribution in [1.29, 1.82) is 0 Å². The zero-order chi connectivity index (χ0) is 12.8. The SMILES string of the molecule is CC(CCBr)CNC(=O)c1c(O)cccc1O. The minimum Gasteiger partial charge on any atom is -0.507 e. The van der Waals surface area contributed by atoms with Crippen molar-refractivity contribution in [2.45, 2.75) is 13.3 Å². The van der Waals surface area contributed by atoms with Gasteiger partial charge in [0.25, 0.3) is 5.91 Å². The smallest absolute Gasteiger partial charge is 0.258 e. The lowest BCUT2D eigenvalue weighted by atomic mass is 10.1. The molecule has 17 heavy (non-hydrogen) atoms. The maximum Gasteiger partial charge on any atom is 0.258 e. The summed E-state index contributed by atoms with van der Waals surface area (Å²) < 4.78 is 0. The van der Waals surface area contributed by atoms with E-state index in [-0.39, 0.29) is 17.1 Å². The summed E-state index contributed by atoms with van der Waals surface area (Å²) in [5.74, 6) is -0.542. The predicted molar refractivity (Wildman–Crippen MR) is 69.7 cm³/mol. The molecule has 0 aliphatic carbocycles.